The summed E-state index contributed by atoms with van der Waals surface area (Å²) in [5, 5.41) is 2.99. The number of nitrogens with one attached hydrogen (secondary N) is 1. The zero-order chi connectivity index (χ0) is 18.9. The van der Waals surface area contributed by atoms with Crippen LogP contribution in [0.5, 0.6) is 5.75 Å². The van der Waals surface area contributed by atoms with Crippen molar-refractivity contribution in [2.45, 2.75) is 44.4 Å². The molecule has 138 valence electrons. The van der Waals surface area contributed by atoms with Crippen LogP contribution in [0, 0.1) is 0 Å². The van der Waals surface area contributed by atoms with Gasteiger partial charge >= 0.3 is 6.09 Å². The molecule has 6 nitrogen and oxygen atoms in total. The largest absolute Gasteiger partial charge is 0.487 e. The van der Waals surface area contributed by atoms with Crippen LogP contribution in [0.15, 0.2) is 48.5 Å². The van der Waals surface area contributed by atoms with Crippen molar-refractivity contribution in [2.75, 3.05) is 11.5 Å². The number of anilines is 2. The summed E-state index contributed by atoms with van der Waals surface area (Å²) in [6, 6.07) is 14.9. The number of hydrogen-bond donors (Lipinski definition) is 3. The van der Waals surface area contributed by atoms with Gasteiger partial charge in [-0.1, -0.05) is 30.3 Å². The molecule has 2 atom stereocenters. The average molecular weight is 355 g/mol. The van der Waals surface area contributed by atoms with Gasteiger partial charge in [0.25, 0.3) is 0 Å². The molecule has 0 unspecified atom stereocenters. The Hall–Kier alpha value is -2.89. The van der Waals surface area contributed by atoms with E-state index in [4.69, 9.17) is 20.9 Å². The number of ether oxygens (including phenoxy) is 2. The summed E-state index contributed by atoms with van der Waals surface area (Å²) in [5.41, 5.74) is 12.4. The summed E-state index contributed by atoms with van der Waals surface area (Å²) in [4.78, 5) is 12.4. The fraction of sp³-hybridized carbons (Fsp3) is 0.350. The molecule has 2 aromatic carbocycles. The molecule has 1 aliphatic rings. The van der Waals surface area contributed by atoms with Gasteiger partial charge in [0.1, 0.15) is 23.0 Å². The minimum absolute atomic E-state index is 0.222. The minimum Gasteiger partial charge on any atom is -0.487 e. The number of alkyl carbamates (subject to hydrolysis) is 1. The van der Waals surface area contributed by atoms with Crippen LogP contribution in [0.1, 0.15) is 32.8 Å². The fourth-order valence-electron chi connectivity index (χ4n) is 2.89. The van der Waals surface area contributed by atoms with Gasteiger partial charge in [-0.25, -0.2) is 4.79 Å². The van der Waals surface area contributed by atoms with Crippen molar-refractivity contribution in [3.8, 4) is 5.75 Å². The van der Waals surface area contributed by atoms with E-state index in [1.165, 1.54) is 0 Å². The first kappa shape index (κ1) is 17.9. The molecule has 1 fully saturated rings. The van der Waals surface area contributed by atoms with Gasteiger partial charge in [-0.05, 0) is 38.5 Å². The third-order valence-corrected chi connectivity index (χ3v) is 4.25. The second-order valence-electron chi connectivity index (χ2n) is 7.57. The lowest BCUT2D eigenvalue weighted by atomic mass is 10.0. The van der Waals surface area contributed by atoms with Crippen LogP contribution in [0.3, 0.4) is 0 Å². The number of nitrogens with two attached hydrogens (primary N) is 2. The number of carbonyl (C=O) groups is 1. The second kappa shape index (κ2) is 6.44. The number of benzene rings is 2. The molecule has 1 saturated carbocycles. The smallest absolute Gasteiger partial charge is 0.408 e. The number of carbonyl (C=O) groups excluding carboxylic acids is 1. The van der Waals surface area contributed by atoms with Gasteiger partial charge < -0.3 is 26.3 Å². The first-order valence-electron chi connectivity index (χ1n) is 8.58. The number of amides is 1. The van der Waals surface area contributed by atoms with Crippen LogP contribution >= 0.6 is 0 Å². The van der Waals surface area contributed by atoms with Crippen LogP contribution in [-0.2, 0) is 10.3 Å². The maximum absolute atomic E-state index is 12.4. The third kappa shape index (κ3) is 3.85. The lowest BCUT2D eigenvalue weighted by Crippen LogP contribution is -2.42. The van der Waals surface area contributed by atoms with Gasteiger partial charge in [0.15, 0.2) is 0 Å². The van der Waals surface area contributed by atoms with E-state index in [0.717, 1.165) is 5.56 Å². The molecular formula is C20H25N3O3. The van der Waals surface area contributed by atoms with Crippen molar-refractivity contribution in [2.24, 2.45) is 0 Å². The Bertz CT molecular complexity index is 802. The molecule has 0 aliphatic heterocycles. The monoisotopic (exact) mass is 355 g/mol. The lowest BCUT2D eigenvalue weighted by molar-refractivity contribution is 0.0479. The van der Waals surface area contributed by atoms with Crippen molar-refractivity contribution in [3.63, 3.8) is 0 Å². The molecule has 3 rings (SSSR count). The summed E-state index contributed by atoms with van der Waals surface area (Å²) >= 11 is 0. The van der Waals surface area contributed by atoms with Crippen LogP contribution in [-0.4, -0.2) is 17.8 Å². The molecule has 0 spiro atoms. The van der Waals surface area contributed by atoms with E-state index in [2.05, 4.69) is 5.32 Å². The van der Waals surface area contributed by atoms with E-state index < -0.39 is 17.2 Å². The topological polar surface area (TPSA) is 99.6 Å². The molecule has 6 heteroatoms. The van der Waals surface area contributed by atoms with Gasteiger partial charge in [0.2, 0.25) is 0 Å². The molecule has 0 bridgehead atoms. The molecule has 0 saturated heterocycles. The highest BCUT2D eigenvalue weighted by Gasteiger charge is 2.59. The average Bonchev–Trinajstić information content (AvgIpc) is 3.23. The molecule has 2 aromatic rings. The molecule has 1 aliphatic carbocycles. The Balaban J connectivity index is 1.80. The first-order chi connectivity index (χ1) is 12.2. The molecule has 0 radical (unpaired) electrons. The number of hydrogen-bond acceptors (Lipinski definition) is 5. The maximum Gasteiger partial charge on any atom is 0.408 e. The maximum atomic E-state index is 12.4. The number of nitrogen functional groups attached to an aromatic ring is 2. The van der Waals surface area contributed by atoms with Crippen molar-refractivity contribution < 1.29 is 14.3 Å². The third-order valence-electron chi connectivity index (χ3n) is 4.25. The van der Waals surface area contributed by atoms with Gasteiger partial charge in [0, 0.05) is 12.5 Å². The highest BCUT2D eigenvalue weighted by Crippen LogP contribution is 2.48. The van der Waals surface area contributed by atoms with Gasteiger partial charge in [-0.3, -0.25) is 0 Å². The van der Waals surface area contributed by atoms with E-state index in [-0.39, 0.29) is 6.10 Å². The predicted octanol–water partition coefficient (Wildman–Crippen LogP) is 3.42. The zero-order valence-electron chi connectivity index (χ0n) is 15.3. The highest BCUT2D eigenvalue weighted by atomic mass is 16.6. The Morgan fingerprint density at radius 1 is 1.12 bits per heavy atom. The van der Waals surface area contributed by atoms with Crippen molar-refractivity contribution >= 4 is 17.5 Å². The molecular weight excluding hydrogens is 330 g/mol. The van der Waals surface area contributed by atoms with Gasteiger partial charge in [-0.15, -0.1) is 0 Å². The highest BCUT2D eigenvalue weighted by molar-refractivity contribution is 5.70. The fourth-order valence-corrected chi connectivity index (χ4v) is 2.89. The van der Waals surface area contributed by atoms with Crippen LogP contribution < -0.4 is 21.5 Å². The van der Waals surface area contributed by atoms with Crippen LogP contribution in [0.4, 0.5) is 16.2 Å². The minimum atomic E-state index is -0.625. The van der Waals surface area contributed by atoms with Gasteiger partial charge in [-0.2, -0.15) is 0 Å². The van der Waals surface area contributed by atoms with E-state index in [9.17, 15) is 4.79 Å². The molecule has 0 heterocycles. The molecule has 5 N–H and O–H groups in total. The standard InChI is InChI=1S/C20H25N3O3/c1-19(2,3)26-18(24)23-20(13-7-5-4-6-8-13)12-17(20)25-14-9-10-15(21)16(22)11-14/h4-11,17H,12,21-22H2,1-3H3,(H,23,24)/t17-,20+/m1/s1. The molecule has 0 aromatic heterocycles. The Labute approximate surface area is 153 Å². The summed E-state index contributed by atoms with van der Waals surface area (Å²) in [7, 11) is 0. The Morgan fingerprint density at radius 2 is 1.81 bits per heavy atom. The van der Waals surface area contributed by atoms with Crippen LogP contribution in [0.25, 0.3) is 0 Å². The second-order valence-corrected chi connectivity index (χ2v) is 7.57. The Morgan fingerprint density at radius 3 is 2.42 bits per heavy atom. The summed E-state index contributed by atoms with van der Waals surface area (Å²) in [6.07, 6.45) is -0.0507. The lowest BCUT2D eigenvalue weighted by Gasteiger charge is -2.24. The van der Waals surface area contributed by atoms with E-state index in [1.807, 2.05) is 51.1 Å². The zero-order valence-corrected chi connectivity index (χ0v) is 15.3. The van der Waals surface area contributed by atoms with Crippen molar-refractivity contribution in [1.82, 2.24) is 5.32 Å². The molecule has 1 amide bonds. The first-order valence-corrected chi connectivity index (χ1v) is 8.58. The summed E-state index contributed by atoms with van der Waals surface area (Å²) < 4.78 is 11.5. The van der Waals surface area contributed by atoms with E-state index in [1.54, 1.807) is 18.2 Å². The van der Waals surface area contributed by atoms with E-state index in [0.29, 0.717) is 23.5 Å². The van der Waals surface area contributed by atoms with Crippen molar-refractivity contribution in [1.29, 1.82) is 0 Å². The van der Waals surface area contributed by atoms with Crippen molar-refractivity contribution in [3.05, 3.63) is 54.1 Å². The Kier molecular flexibility index (Phi) is 4.44. The SMILES string of the molecule is CC(C)(C)OC(=O)N[C@]1(c2ccccc2)C[C@H]1Oc1ccc(N)c(N)c1. The van der Waals surface area contributed by atoms with E-state index >= 15 is 0 Å². The van der Waals surface area contributed by atoms with Gasteiger partial charge in [0.05, 0.1) is 11.4 Å². The predicted molar refractivity (Wildman–Crippen MR) is 102 cm³/mol. The quantitative estimate of drug-likeness (QED) is 0.730. The number of rotatable bonds is 4. The molecule has 26 heavy (non-hydrogen) atoms. The normalized spacial score (nSPS) is 21.7. The van der Waals surface area contributed by atoms with Crippen LogP contribution in [0.2, 0.25) is 0 Å². The summed E-state index contributed by atoms with van der Waals surface area (Å²) in [5.74, 6) is 0.616. The summed E-state index contributed by atoms with van der Waals surface area (Å²) in [6.45, 7) is 5.50.